The van der Waals surface area contributed by atoms with Gasteiger partial charge in [-0.25, -0.2) is 9.29 Å². The van der Waals surface area contributed by atoms with E-state index in [1.54, 1.807) is 19.9 Å². The fourth-order valence-corrected chi connectivity index (χ4v) is 2.78. The maximum Gasteiger partial charge on any atom is 0.266 e. The van der Waals surface area contributed by atoms with Gasteiger partial charge in [0.25, 0.3) is 11.8 Å². The lowest BCUT2D eigenvalue weighted by atomic mass is 9.99. The lowest BCUT2D eigenvalue weighted by Crippen LogP contribution is -2.29. The van der Waals surface area contributed by atoms with E-state index in [9.17, 15) is 14.0 Å². The zero-order chi connectivity index (χ0) is 15.3. The van der Waals surface area contributed by atoms with Gasteiger partial charge in [-0.05, 0) is 59.1 Å². The molecule has 0 radical (unpaired) electrons. The number of hydrogen-bond donors (Lipinski definition) is 0. The molecule has 106 valence electrons. The van der Waals surface area contributed by atoms with Crippen LogP contribution in [0.1, 0.15) is 31.8 Å². The number of rotatable bonds is 1. The summed E-state index contributed by atoms with van der Waals surface area (Å²) < 4.78 is 14.0. The average Bonchev–Trinajstić information content (AvgIpc) is 2.70. The van der Waals surface area contributed by atoms with Gasteiger partial charge < -0.3 is 0 Å². The topological polar surface area (TPSA) is 37.4 Å². The highest BCUT2D eigenvalue weighted by atomic mass is 79.9. The smallest absolute Gasteiger partial charge is 0.266 e. The first kappa shape index (κ1) is 13.9. The molecule has 2 aromatic rings. The fourth-order valence-electron chi connectivity index (χ4n) is 2.54. The second-order valence-corrected chi connectivity index (χ2v) is 5.85. The van der Waals surface area contributed by atoms with E-state index in [1.807, 2.05) is 12.1 Å². The highest BCUT2D eigenvalue weighted by Crippen LogP contribution is 2.33. The van der Waals surface area contributed by atoms with E-state index in [-0.39, 0.29) is 10.2 Å². The molecule has 0 aliphatic carbocycles. The Morgan fingerprint density at radius 2 is 1.48 bits per heavy atom. The maximum absolute atomic E-state index is 13.7. The Morgan fingerprint density at radius 1 is 0.952 bits per heavy atom. The van der Waals surface area contributed by atoms with Gasteiger partial charge in [0.2, 0.25) is 0 Å². The number of nitrogens with zero attached hydrogens (tertiary/aromatic N) is 1. The zero-order valence-electron chi connectivity index (χ0n) is 11.4. The summed E-state index contributed by atoms with van der Waals surface area (Å²) in [6.07, 6.45) is 0. The Balaban J connectivity index is 2.18. The number of anilines is 1. The third-order valence-corrected chi connectivity index (χ3v) is 4.26. The molecular weight excluding hydrogens is 337 g/mol. The quantitative estimate of drug-likeness (QED) is 0.731. The van der Waals surface area contributed by atoms with Crippen LogP contribution in [0.5, 0.6) is 0 Å². The number of aryl methyl sites for hydroxylation is 2. The van der Waals surface area contributed by atoms with E-state index in [0.29, 0.717) is 11.1 Å². The molecule has 0 aromatic heterocycles. The molecule has 1 aliphatic rings. The molecule has 1 aliphatic heterocycles. The second-order valence-electron chi connectivity index (χ2n) is 4.99. The molecule has 2 amide bonds. The molecule has 0 bridgehead atoms. The van der Waals surface area contributed by atoms with Crippen LogP contribution in [0.4, 0.5) is 10.1 Å². The van der Waals surface area contributed by atoms with Crippen LogP contribution in [0.25, 0.3) is 0 Å². The highest BCUT2D eigenvalue weighted by molar-refractivity contribution is 9.10. The van der Waals surface area contributed by atoms with E-state index in [4.69, 9.17) is 0 Å². The standard InChI is InChI=1S/C16H11BrFNO2/c1-8-3-4-9(2)14-13(8)15(20)19(16(14)21)10-5-6-11(17)12(18)7-10/h3-7H,1-2H3. The summed E-state index contributed by atoms with van der Waals surface area (Å²) in [7, 11) is 0. The van der Waals surface area contributed by atoms with Gasteiger partial charge in [0.1, 0.15) is 5.82 Å². The Bertz CT molecular complexity index is 760. The van der Waals surface area contributed by atoms with Crippen LogP contribution in [0, 0.1) is 19.7 Å². The number of carbonyl (C=O) groups is 2. The van der Waals surface area contributed by atoms with Crippen molar-refractivity contribution in [2.45, 2.75) is 13.8 Å². The van der Waals surface area contributed by atoms with Gasteiger partial charge in [-0.1, -0.05) is 12.1 Å². The Morgan fingerprint density at radius 3 is 1.95 bits per heavy atom. The summed E-state index contributed by atoms with van der Waals surface area (Å²) in [5.74, 6) is -1.33. The SMILES string of the molecule is Cc1ccc(C)c2c1C(=O)N(c1ccc(Br)c(F)c1)C2=O. The van der Waals surface area contributed by atoms with Crippen molar-refractivity contribution in [2.24, 2.45) is 0 Å². The monoisotopic (exact) mass is 347 g/mol. The number of carbonyl (C=O) groups excluding carboxylic acids is 2. The minimum Gasteiger partial charge on any atom is -0.268 e. The van der Waals surface area contributed by atoms with Crippen molar-refractivity contribution in [3.8, 4) is 0 Å². The Kier molecular flexibility index (Phi) is 3.17. The van der Waals surface area contributed by atoms with E-state index in [2.05, 4.69) is 15.9 Å². The number of halogens is 2. The molecule has 3 rings (SSSR count). The van der Waals surface area contributed by atoms with Crippen LogP contribution >= 0.6 is 15.9 Å². The first-order valence-electron chi connectivity index (χ1n) is 6.36. The number of hydrogen-bond acceptors (Lipinski definition) is 2. The molecule has 1 heterocycles. The molecule has 5 heteroatoms. The minimum atomic E-state index is -0.516. The van der Waals surface area contributed by atoms with Crippen molar-refractivity contribution in [3.05, 3.63) is 62.9 Å². The molecular formula is C16H11BrFNO2. The van der Waals surface area contributed by atoms with Crippen LogP contribution in [0.2, 0.25) is 0 Å². The summed E-state index contributed by atoms with van der Waals surface area (Å²) >= 11 is 3.06. The fraction of sp³-hybridized carbons (Fsp3) is 0.125. The maximum atomic E-state index is 13.7. The van der Waals surface area contributed by atoms with Crippen LogP contribution in [0.3, 0.4) is 0 Å². The van der Waals surface area contributed by atoms with E-state index >= 15 is 0 Å². The van der Waals surface area contributed by atoms with Gasteiger partial charge in [0.05, 0.1) is 21.3 Å². The van der Waals surface area contributed by atoms with Crippen LogP contribution < -0.4 is 4.90 Å². The van der Waals surface area contributed by atoms with Crippen LogP contribution in [-0.4, -0.2) is 11.8 Å². The lowest BCUT2D eigenvalue weighted by Gasteiger charge is -2.14. The first-order valence-corrected chi connectivity index (χ1v) is 7.15. The molecule has 2 aromatic carbocycles. The third-order valence-electron chi connectivity index (χ3n) is 3.62. The van der Waals surface area contributed by atoms with Gasteiger partial charge in [0.15, 0.2) is 0 Å². The van der Waals surface area contributed by atoms with Gasteiger partial charge in [0, 0.05) is 0 Å². The van der Waals surface area contributed by atoms with Crippen molar-refractivity contribution in [1.82, 2.24) is 0 Å². The molecule has 0 saturated heterocycles. The average molecular weight is 348 g/mol. The summed E-state index contributed by atoms with van der Waals surface area (Å²) in [5, 5.41) is 0. The van der Waals surface area contributed by atoms with E-state index in [0.717, 1.165) is 16.0 Å². The van der Waals surface area contributed by atoms with E-state index < -0.39 is 17.6 Å². The molecule has 0 fully saturated rings. The summed E-state index contributed by atoms with van der Waals surface area (Å²) in [6, 6.07) is 7.82. The summed E-state index contributed by atoms with van der Waals surface area (Å²) in [6.45, 7) is 3.57. The number of fused-ring (bicyclic) bond motifs is 1. The van der Waals surface area contributed by atoms with Crippen molar-refractivity contribution < 1.29 is 14.0 Å². The highest BCUT2D eigenvalue weighted by Gasteiger charge is 2.39. The molecule has 0 spiro atoms. The van der Waals surface area contributed by atoms with Gasteiger partial charge in [-0.15, -0.1) is 0 Å². The zero-order valence-corrected chi connectivity index (χ0v) is 13.0. The van der Waals surface area contributed by atoms with E-state index in [1.165, 1.54) is 12.1 Å². The largest absolute Gasteiger partial charge is 0.268 e. The summed E-state index contributed by atoms with van der Waals surface area (Å²) in [5.41, 5.74) is 2.54. The third kappa shape index (κ3) is 2.00. The lowest BCUT2D eigenvalue weighted by molar-refractivity contribution is 0.0926. The van der Waals surface area contributed by atoms with Gasteiger partial charge >= 0.3 is 0 Å². The second kappa shape index (κ2) is 4.77. The van der Waals surface area contributed by atoms with Crippen molar-refractivity contribution in [1.29, 1.82) is 0 Å². The summed E-state index contributed by atoms with van der Waals surface area (Å²) in [4.78, 5) is 26.1. The first-order chi connectivity index (χ1) is 9.91. The molecule has 0 N–H and O–H groups in total. The number of benzene rings is 2. The Hall–Kier alpha value is -2.01. The molecule has 0 unspecified atom stereocenters. The van der Waals surface area contributed by atoms with Crippen LogP contribution in [0.15, 0.2) is 34.8 Å². The Labute approximate surface area is 129 Å². The van der Waals surface area contributed by atoms with Gasteiger partial charge in [-0.2, -0.15) is 0 Å². The molecule has 3 nitrogen and oxygen atoms in total. The van der Waals surface area contributed by atoms with Crippen molar-refractivity contribution in [2.75, 3.05) is 4.90 Å². The number of imide groups is 1. The van der Waals surface area contributed by atoms with Gasteiger partial charge in [-0.3, -0.25) is 9.59 Å². The number of amides is 2. The predicted molar refractivity (Wildman–Crippen MR) is 81.2 cm³/mol. The molecule has 0 saturated carbocycles. The van der Waals surface area contributed by atoms with Crippen LogP contribution in [-0.2, 0) is 0 Å². The van der Waals surface area contributed by atoms with Crippen molar-refractivity contribution >= 4 is 33.4 Å². The minimum absolute atomic E-state index is 0.237. The normalized spacial score (nSPS) is 13.8. The van der Waals surface area contributed by atoms with Crippen molar-refractivity contribution in [3.63, 3.8) is 0 Å². The molecule has 21 heavy (non-hydrogen) atoms. The molecule has 0 atom stereocenters. The predicted octanol–water partition coefficient (Wildman–Crippen LogP) is 4.01.